The predicted octanol–water partition coefficient (Wildman–Crippen LogP) is 1.75. The highest BCUT2D eigenvalue weighted by Crippen LogP contribution is 2.18. The van der Waals surface area contributed by atoms with E-state index in [-0.39, 0.29) is 6.04 Å². The van der Waals surface area contributed by atoms with Crippen molar-refractivity contribution < 1.29 is 4.74 Å². The van der Waals surface area contributed by atoms with Gasteiger partial charge in [0.15, 0.2) is 0 Å². The van der Waals surface area contributed by atoms with Gasteiger partial charge in [0.25, 0.3) is 0 Å². The summed E-state index contributed by atoms with van der Waals surface area (Å²) in [5.74, 6) is 1.98. The van der Waals surface area contributed by atoms with Gasteiger partial charge in [0.05, 0.1) is 6.61 Å². The van der Waals surface area contributed by atoms with Crippen molar-refractivity contribution in [2.75, 3.05) is 29.9 Å². The minimum atomic E-state index is 0.273. The lowest BCUT2D eigenvalue weighted by Gasteiger charge is -2.33. The Bertz CT molecular complexity index is 594. The molecule has 1 N–H and O–H groups in total. The molecule has 0 spiro atoms. The van der Waals surface area contributed by atoms with Gasteiger partial charge in [-0.25, -0.2) is 15.0 Å². The molecule has 0 aliphatic carbocycles. The van der Waals surface area contributed by atoms with E-state index in [9.17, 15) is 0 Å². The Morgan fingerprint density at radius 3 is 2.95 bits per heavy atom. The van der Waals surface area contributed by atoms with E-state index >= 15 is 0 Å². The minimum absolute atomic E-state index is 0.273. The molecule has 22 heavy (non-hydrogen) atoms. The fourth-order valence-electron chi connectivity index (χ4n) is 2.55. The average molecular weight is 300 g/mol. The number of nitrogens with zero attached hydrogens (tertiary/aromatic N) is 5. The first kappa shape index (κ1) is 14.5. The minimum Gasteiger partial charge on any atom is -0.478 e. The number of aromatic nitrogens is 4. The maximum Gasteiger partial charge on any atom is 0.226 e. The second-order valence-electron chi connectivity index (χ2n) is 5.13. The first-order chi connectivity index (χ1) is 10.8. The molecule has 1 aliphatic heterocycles. The van der Waals surface area contributed by atoms with Crippen LogP contribution < -0.4 is 15.0 Å². The molecule has 3 heterocycles. The molecule has 7 nitrogen and oxygen atoms in total. The Morgan fingerprint density at radius 1 is 1.27 bits per heavy atom. The van der Waals surface area contributed by atoms with E-state index in [4.69, 9.17) is 4.74 Å². The number of anilines is 2. The quantitative estimate of drug-likeness (QED) is 0.901. The van der Waals surface area contributed by atoms with Crippen LogP contribution in [0.2, 0.25) is 0 Å². The van der Waals surface area contributed by atoms with Gasteiger partial charge < -0.3 is 15.0 Å². The molecule has 1 unspecified atom stereocenters. The number of hydrogen-bond acceptors (Lipinski definition) is 7. The van der Waals surface area contributed by atoms with Gasteiger partial charge >= 0.3 is 0 Å². The van der Waals surface area contributed by atoms with E-state index in [0.29, 0.717) is 18.4 Å². The molecule has 0 amide bonds. The molecule has 0 bridgehead atoms. The summed E-state index contributed by atoms with van der Waals surface area (Å²) in [6, 6.07) is 3.87. The van der Waals surface area contributed by atoms with E-state index in [1.54, 1.807) is 24.7 Å². The second-order valence-corrected chi connectivity index (χ2v) is 5.13. The van der Waals surface area contributed by atoms with Crippen LogP contribution >= 0.6 is 0 Å². The van der Waals surface area contributed by atoms with Gasteiger partial charge in [0.2, 0.25) is 17.8 Å². The average Bonchev–Trinajstić information content (AvgIpc) is 2.57. The van der Waals surface area contributed by atoms with Gasteiger partial charge in [-0.15, -0.1) is 0 Å². The van der Waals surface area contributed by atoms with Gasteiger partial charge in [-0.05, 0) is 25.8 Å². The highest BCUT2D eigenvalue weighted by Gasteiger charge is 2.22. The summed E-state index contributed by atoms with van der Waals surface area (Å²) >= 11 is 0. The first-order valence-electron chi connectivity index (χ1n) is 7.59. The molecule has 1 atom stereocenters. The summed E-state index contributed by atoms with van der Waals surface area (Å²) in [6.07, 6.45) is 7.41. The molecule has 0 saturated carbocycles. The molecule has 0 radical (unpaired) electrons. The first-order valence-corrected chi connectivity index (χ1v) is 7.59. The smallest absolute Gasteiger partial charge is 0.226 e. The van der Waals surface area contributed by atoms with Gasteiger partial charge in [0, 0.05) is 43.8 Å². The normalized spacial score (nSPS) is 18.0. The highest BCUT2D eigenvalue weighted by atomic mass is 16.5. The monoisotopic (exact) mass is 300 g/mol. The highest BCUT2D eigenvalue weighted by molar-refractivity contribution is 5.34. The lowest BCUT2D eigenvalue weighted by atomic mass is 10.1. The third-order valence-electron chi connectivity index (χ3n) is 3.51. The zero-order valence-electron chi connectivity index (χ0n) is 12.6. The van der Waals surface area contributed by atoms with Gasteiger partial charge in [0.1, 0.15) is 0 Å². The summed E-state index contributed by atoms with van der Waals surface area (Å²) in [5, 5.41) is 3.38. The van der Waals surface area contributed by atoms with Crippen LogP contribution in [-0.4, -0.2) is 45.7 Å². The van der Waals surface area contributed by atoms with Crippen LogP contribution in [0.5, 0.6) is 5.88 Å². The number of nitrogens with one attached hydrogen (secondary N) is 1. The molecular weight excluding hydrogens is 280 g/mol. The Kier molecular flexibility index (Phi) is 4.62. The summed E-state index contributed by atoms with van der Waals surface area (Å²) in [5.41, 5.74) is 0. The Balaban J connectivity index is 1.64. The lowest BCUT2D eigenvalue weighted by molar-refractivity contribution is 0.326. The number of piperidine rings is 1. The van der Waals surface area contributed by atoms with Crippen molar-refractivity contribution in [1.29, 1.82) is 0 Å². The van der Waals surface area contributed by atoms with Crippen molar-refractivity contribution in [1.82, 2.24) is 19.9 Å². The van der Waals surface area contributed by atoms with E-state index in [0.717, 1.165) is 31.9 Å². The Morgan fingerprint density at radius 2 is 2.14 bits per heavy atom. The molecule has 1 aliphatic rings. The van der Waals surface area contributed by atoms with Crippen LogP contribution in [0, 0.1) is 0 Å². The molecular formula is C15H20N6O. The van der Waals surface area contributed by atoms with Gasteiger partial charge in [-0.1, -0.05) is 0 Å². The Labute approximate surface area is 129 Å². The molecule has 1 saturated heterocycles. The molecule has 7 heteroatoms. The molecule has 0 aromatic carbocycles. The zero-order chi connectivity index (χ0) is 15.2. The largest absolute Gasteiger partial charge is 0.478 e. The van der Waals surface area contributed by atoms with Crippen LogP contribution in [0.3, 0.4) is 0 Å². The molecule has 3 rings (SSSR count). The standard InChI is InChI=1S/C15H20N6O/c1-2-22-13-6-9-16-14(20-13)19-12-5-3-10-21(11-12)15-17-7-4-8-18-15/h4,6-9,12H,2-3,5,10-11H2,1H3,(H,16,19,20). The van der Waals surface area contributed by atoms with E-state index in [1.807, 2.05) is 13.0 Å². The topological polar surface area (TPSA) is 76.1 Å². The number of hydrogen-bond donors (Lipinski definition) is 1. The molecule has 2 aromatic rings. The SMILES string of the molecule is CCOc1ccnc(NC2CCCN(c3ncccn3)C2)n1. The van der Waals surface area contributed by atoms with Crippen molar-refractivity contribution in [2.24, 2.45) is 0 Å². The Hall–Kier alpha value is -2.44. The van der Waals surface area contributed by atoms with Crippen molar-refractivity contribution in [3.05, 3.63) is 30.7 Å². The summed E-state index contributed by atoms with van der Waals surface area (Å²) in [4.78, 5) is 19.4. The summed E-state index contributed by atoms with van der Waals surface area (Å²) in [7, 11) is 0. The van der Waals surface area contributed by atoms with E-state index in [2.05, 4.69) is 30.2 Å². The second kappa shape index (κ2) is 7.02. The third kappa shape index (κ3) is 3.60. The van der Waals surface area contributed by atoms with Crippen molar-refractivity contribution >= 4 is 11.9 Å². The van der Waals surface area contributed by atoms with Gasteiger partial charge in [-0.2, -0.15) is 4.98 Å². The fraction of sp³-hybridized carbons (Fsp3) is 0.467. The summed E-state index contributed by atoms with van der Waals surface area (Å²) in [6.45, 7) is 4.35. The predicted molar refractivity (Wildman–Crippen MR) is 84.1 cm³/mol. The van der Waals surface area contributed by atoms with Crippen LogP contribution in [0.4, 0.5) is 11.9 Å². The van der Waals surface area contributed by atoms with E-state index < -0.39 is 0 Å². The van der Waals surface area contributed by atoms with Crippen LogP contribution in [-0.2, 0) is 0 Å². The lowest BCUT2D eigenvalue weighted by Crippen LogP contribution is -2.43. The van der Waals surface area contributed by atoms with Crippen LogP contribution in [0.25, 0.3) is 0 Å². The van der Waals surface area contributed by atoms with E-state index in [1.165, 1.54) is 0 Å². The van der Waals surface area contributed by atoms with Crippen molar-refractivity contribution in [3.8, 4) is 5.88 Å². The van der Waals surface area contributed by atoms with Crippen molar-refractivity contribution in [2.45, 2.75) is 25.8 Å². The third-order valence-corrected chi connectivity index (χ3v) is 3.51. The van der Waals surface area contributed by atoms with Crippen LogP contribution in [0.1, 0.15) is 19.8 Å². The fourth-order valence-corrected chi connectivity index (χ4v) is 2.55. The molecule has 1 fully saturated rings. The van der Waals surface area contributed by atoms with Crippen LogP contribution in [0.15, 0.2) is 30.7 Å². The number of ether oxygens (including phenoxy) is 1. The zero-order valence-corrected chi connectivity index (χ0v) is 12.6. The molecule has 116 valence electrons. The summed E-state index contributed by atoms with van der Waals surface area (Å²) < 4.78 is 5.40. The maximum atomic E-state index is 5.40. The number of rotatable bonds is 5. The van der Waals surface area contributed by atoms with Crippen molar-refractivity contribution in [3.63, 3.8) is 0 Å². The van der Waals surface area contributed by atoms with Gasteiger partial charge in [-0.3, -0.25) is 0 Å². The maximum absolute atomic E-state index is 5.40. The molecule has 2 aromatic heterocycles.